The maximum absolute atomic E-state index is 13.7. The number of aromatic nitrogens is 2. The average molecular weight is 407 g/mol. The predicted molar refractivity (Wildman–Crippen MR) is 113 cm³/mol. The van der Waals surface area contributed by atoms with E-state index in [0.717, 1.165) is 10.6 Å². The molecule has 7 heteroatoms. The number of fused-ring (bicyclic) bond motifs is 1. The third-order valence-corrected chi connectivity index (χ3v) is 6.43. The molecule has 6 nitrogen and oxygen atoms in total. The molecule has 1 aromatic heterocycles. The number of ether oxygens (including phenoxy) is 1. The van der Waals surface area contributed by atoms with E-state index < -0.39 is 5.97 Å². The Morgan fingerprint density at radius 2 is 1.72 bits per heavy atom. The lowest BCUT2D eigenvalue weighted by molar-refractivity contribution is 0.0593. The van der Waals surface area contributed by atoms with Crippen molar-refractivity contribution in [1.29, 1.82) is 0 Å². The Labute approximate surface area is 173 Å². The van der Waals surface area contributed by atoms with Gasteiger partial charge in [-0.05, 0) is 31.2 Å². The monoisotopic (exact) mass is 407 g/mol. The second-order valence-corrected chi connectivity index (χ2v) is 8.28. The highest BCUT2D eigenvalue weighted by molar-refractivity contribution is 8.00. The molecule has 0 N–H and O–H groups in total. The molecule has 1 amide bonds. The van der Waals surface area contributed by atoms with Crippen LogP contribution >= 0.6 is 11.8 Å². The molecule has 4 rings (SSSR count). The fraction of sp³-hybridized carbons (Fsp3) is 0.227. The summed E-state index contributed by atoms with van der Waals surface area (Å²) in [4.78, 5) is 28.7. The first-order valence-corrected chi connectivity index (χ1v) is 10.2. The molecule has 2 atom stereocenters. The van der Waals surface area contributed by atoms with E-state index in [4.69, 9.17) is 4.74 Å². The van der Waals surface area contributed by atoms with Crippen LogP contribution in [0.3, 0.4) is 0 Å². The van der Waals surface area contributed by atoms with Crippen molar-refractivity contribution in [2.75, 3.05) is 12.0 Å². The summed E-state index contributed by atoms with van der Waals surface area (Å²) in [5.41, 5.74) is 1.98. The number of esters is 1. The van der Waals surface area contributed by atoms with Crippen molar-refractivity contribution in [2.24, 2.45) is 0 Å². The van der Waals surface area contributed by atoms with Crippen molar-refractivity contribution in [3.63, 3.8) is 0 Å². The molecule has 0 saturated carbocycles. The molecule has 0 saturated heterocycles. The van der Waals surface area contributed by atoms with Gasteiger partial charge in [0.2, 0.25) is 0 Å². The minimum atomic E-state index is -0.579. The van der Waals surface area contributed by atoms with Gasteiger partial charge in [-0.15, -0.1) is 11.8 Å². The topological polar surface area (TPSA) is 64.4 Å². The molecule has 29 heavy (non-hydrogen) atoms. The lowest BCUT2D eigenvalue weighted by atomic mass is 10.1. The van der Waals surface area contributed by atoms with Gasteiger partial charge in [0, 0.05) is 22.3 Å². The van der Waals surface area contributed by atoms with Crippen LogP contribution in [0.4, 0.5) is 5.69 Å². The first kappa shape index (κ1) is 19.3. The third-order valence-electron chi connectivity index (χ3n) is 5.07. The van der Waals surface area contributed by atoms with Gasteiger partial charge < -0.3 is 9.64 Å². The van der Waals surface area contributed by atoms with Gasteiger partial charge in [0.1, 0.15) is 5.69 Å². The number of amides is 1. The molecule has 2 aromatic carbocycles. The van der Waals surface area contributed by atoms with Gasteiger partial charge >= 0.3 is 5.97 Å². The Bertz CT molecular complexity index is 1060. The van der Waals surface area contributed by atoms with Gasteiger partial charge in [0.25, 0.3) is 5.91 Å². The van der Waals surface area contributed by atoms with E-state index in [1.807, 2.05) is 61.5 Å². The van der Waals surface area contributed by atoms with Gasteiger partial charge in [-0.2, -0.15) is 5.10 Å². The molecular formula is C22H21N3O3S. The molecule has 0 spiro atoms. The number of nitrogens with zero attached hydrogens (tertiary/aromatic N) is 3. The SMILES string of the molecule is COC(=O)c1cc(C(=O)N2c3ccccc3S[C@H](C)[C@@H]2C)n(-c2ccccc2)n1. The average Bonchev–Trinajstić information content (AvgIpc) is 3.20. The van der Waals surface area contributed by atoms with E-state index in [0.29, 0.717) is 11.4 Å². The van der Waals surface area contributed by atoms with Gasteiger partial charge in [-0.25, -0.2) is 9.48 Å². The largest absolute Gasteiger partial charge is 0.464 e. The Balaban J connectivity index is 1.85. The molecule has 148 valence electrons. The van der Waals surface area contributed by atoms with Gasteiger partial charge in [-0.1, -0.05) is 37.3 Å². The number of carbonyl (C=O) groups is 2. The zero-order valence-corrected chi connectivity index (χ0v) is 17.2. The van der Waals surface area contributed by atoms with Crippen LogP contribution < -0.4 is 4.90 Å². The Kier molecular flexibility index (Phi) is 5.15. The lowest BCUT2D eigenvalue weighted by Gasteiger charge is -2.38. The van der Waals surface area contributed by atoms with Crippen molar-refractivity contribution in [3.05, 3.63) is 72.1 Å². The standard InChI is InChI=1S/C22H21N3O3S/c1-14-15(2)29-20-12-8-7-11-18(20)24(14)21(26)19-13-17(22(27)28-3)23-25(19)16-9-5-4-6-10-16/h4-15H,1-3H3/t14-,15+/m0/s1. The van der Waals surface area contributed by atoms with Crippen molar-refractivity contribution >= 4 is 29.3 Å². The van der Waals surface area contributed by atoms with Crippen molar-refractivity contribution in [1.82, 2.24) is 9.78 Å². The normalized spacial score (nSPS) is 18.2. The molecule has 0 aliphatic carbocycles. The summed E-state index contributed by atoms with van der Waals surface area (Å²) >= 11 is 1.76. The first-order valence-electron chi connectivity index (χ1n) is 9.34. The van der Waals surface area contributed by atoms with E-state index in [9.17, 15) is 9.59 Å². The summed E-state index contributed by atoms with van der Waals surface area (Å²) in [5, 5.41) is 4.58. The molecule has 0 radical (unpaired) electrons. The molecule has 0 bridgehead atoms. The van der Waals surface area contributed by atoms with Crippen LogP contribution in [0.25, 0.3) is 5.69 Å². The van der Waals surface area contributed by atoms with E-state index in [1.54, 1.807) is 16.7 Å². The summed E-state index contributed by atoms with van der Waals surface area (Å²) < 4.78 is 6.33. The minimum absolute atomic E-state index is 0.0249. The molecular weight excluding hydrogens is 386 g/mol. The molecule has 0 fully saturated rings. The Hall–Kier alpha value is -3.06. The fourth-order valence-corrected chi connectivity index (χ4v) is 4.57. The van der Waals surface area contributed by atoms with Crippen LogP contribution in [0.15, 0.2) is 65.6 Å². The van der Waals surface area contributed by atoms with E-state index in [1.165, 1.54) is 17.9 Å². The Morgan fingerprint density at radius 1 is 1.03 bits per heavy atom. The predicted octanol–water partition coefficient (Wildman–Crippen LogP) is 4.19. The van der Waals surface area contributed by atoms with E-state index in [-0.39, 0.29) is 22.9 Å². The third kappa shape index (κ3) is 3.42. The summed E-state index contributed by atoms with van der Waals surface area (Å²) in [5.74, 6) is -0.784. The maximum atomic E-state index is 13.7. The lowest BCUT2D eigenvalue weighted by Crippen LogP contribution is -2.46. The van der Waals surface area contributed by atoms with Crippen LogP contribution in [0.2, 0.25) is 0 Å². The smallest absolute Gasteiger partial charge is 0.358 e. The van der Waals surface area contributed by atoms with Gasteiger partial charge in [0.05, 0.1) is 18.5 Å². The number of carbonyl (C=O) groups excluding carboxylic acids is 2. The van der Waals surface area contributed by atoms with Crippen LogP contribution in [0, 0.1) is 0 Å². The van der Waals surface area contributed by atoms with E-state index >= 15 is 0 Å². The fourth-order valence-electron chi connectivity index (χ4n) is 3.41. The summed E-state index contributed by atoms with van der Waals surface area (Å²) in [6, 6.07) is 18.7. The summed E-state index contributed by atoms with van der Waals surface area (Å²) in [6.45, 7) is 4.15. The number of rotatable bonds is 3. The summed E-state index contributed by atoms with van der Waals surface area (Å²) in [7, 11) is 1.30. The second kappa shape index (κ2) is 7.75. The van der Waals surface area contributed by atoms with Crippen LogP contribution in [0.1, 0.15) is 34.8 Å². The number of thioether (sulfide) groups is 1. The summed E-state index contributed by atoms with van der Waals surface area (Å²) in [6.07, 6.45) is 0. The molecule has 1 aliphatic rings. The van der Waals surface area contributed by atoms with Crippen molar-refractivity contribution in [3.8, 4) is 5.69 Å². The molecule has 3 aromatic rings. The molecule has 1 aliphatic heterocycles. The first-order chi connectivity index (χ1) is 14.0. The molecule has 2 heterocycles. The zero-order chi connectivity index (χ0) is 20.5. The van der Waals surface area contributed by atoms with Gasteiger partial charge in [-0.3, -0.25) is 4.79 Å². The highest BCUT2D eigenvalue weighted by Gasteiger charge is 2.35. The Morgan fingerprint density at radius 3 is 2.45 bits per heavy atom. The highest BCUT2D eigenvalue weighted by atomic mass is 32.2. The number of hydrogen-bond donors (Lipinski definition) is 0. The number of benzene rings is 2. The maximum Gasteiger partial charge on any atom is 0.358 e. The number of anilines is 1. The van der Waals surface area contributed by atoms with Crippen LogP contribution in [0.5, 0.6) is 0 Å². The second-order valence-electron chi connectivity index (χ2n) is 6.86. The number of hydrogen-bond acceptors (Lipinski definition) is 5. The minimum Gasteiger partial charge on any atom is -0.464 e. The van der Waals surface area contributed by atoms with Crippen LogP contribution in [-0.2, 0) is 4.74 Å². The van der Waals surface area contributed by atoms with Gasteiger partial charge in [0.15, 0.2) is 5.69 Å². The van der Waals surface area contributed by atoms with E-state index in [2.05, 4.69) is 12.0 Å². The van der Waals surface area contributed by atoms with Crippen molar-refractivity contribution < 1.29 is 14.3 Å². The van der Waals surface area contributed by atoms with Crippen LogP contribution in [-0.4, -0.2) is 40.1 Å². The quantitative estimate of drug-likeness (QED) is 0.609. The number of methoxy groups -OCH3 is 1. The van der Waals surface area contributed by atoms with Crippen molar-refractivity contribution in [2.45, 2.75) is 30.0 Å². The number of para-hydroxylation sites is 2. The highest BCUT2D eigenvalue weighted by Crippen LogP contribution is 2.42. The molecule has 0 unspecified atom stereocenters. The zero-order valence-electron chi connectivity index (χ0n) is 16.4.